The molecule has 102 valence electrons. The minimum absolute atomic E-state index is 0.199. The normalized spacial score (nSPS) is 18.9. The Kier molecular flexibility index (Phi) is 3.09. The Balaban J connectivity index is 2.11. The van der Waals surface area contributed by atoms with Gasteiger partial charge in [0.1, 0.15) is 0 Å². The summed E-state index contributed by atoms with van der Waals surface area (Å²) in [6.45, 7) is 2.83. The van der Waals surface area contributed by atoms with Crippen molar-refractivity contribution in [3.05, 3.63) is 29.5 Å². The molecule has 1 aliphatic rings. The monoisotopic (exact) mass is 257 g/mol. The first-order valence-electron chi connectivity index (χ1n) is 7.30. The number of benzene rings is 1. The fraction of sp³-hybridized carbons (Fsp3) is 0.562. The van der Waals surface area contributed by atoms with Crippen LogP contribution in [0, 0.1) is 6.92 Å². The first kappa shape index (κ1) is 12.7. The van der Waals surface area contributed by atoms with Gasteiger partial charge < -0.3 is 5.73 Å². The summed E-state index contributed by atoms with van der Waals surface area (Å²) in [4.78, 5) is 0. The van der Waals surface area contributed by atoms with Crippen molar-refractivity contribution in [3.8, 4) is 0 Å². The molecule has 1 fully saturated rings. The van der Waals surface area contributed by atoms with Crippen molar-refractivity contribution in [1.82, 2.24) is 9.78 Å². The van der Waals surface area contributed by atoms with Crippen LogP contribution in [-0.4, -0.2) is 16.3 Å². The van der Waals surface area contributed by atoms with E-state index < -0.39 is 0 Å². The van der Waals surface area contributed by atoms with E-state index in [2.05, 4.69) is 30.2 Å². The van der Waals surface area contributed by atoms with Gasteiger partial charge in [0.25, 0.3) is 0 Å². The standard InChI is InChI=1S/C16H23N3/c1-12-14-7-6-13(10-15(14)19(2)18-12)16(11-17)8-4-3-5-9-16/h6-7,10H,3-5,8-9,11,17H2,1-2H3. The molecular weight excluding hydrogens is 234 g/mol. The predicted molar refractivity (Wildman–Crippen MR) is 79.3 cm³/mol. The van der Waals surface area contributed by atoms with Gasteiger partial charge in [0.15, 0.2) is 0 Å². The van der Waals surface area contributed by atoms with Crippen LogP contribution >= 0.6 is 0 Å². The minimum Gasteiger partial charge on any atom is -0.330 e. The van der Waals surface area contributed by atoms with E-state index in [1.54, 1.807) is 0 Å². The maximum absolute atomic E-state index is 6.14. The van der Waals surface area contributed by atoms with Crippen LogP contribution in [0.15, 0.2) is 18.2 Å². The van der Waals surface area contributed by atoms with Crippen LogP contribution in [0.25, 0.3) is 10.9 Å². The number of aromatic nitrogens is 2. The first-order valence-corrected chi connectivity index (χ1v) is 7.30. The summed E-state index contributed by atoms with van der Waals surface area (Å²) in [7, 11) is 2.02. The smallest absolute Gasteiger partial charge is 0.0684 e. The molecule has 2 N–H and O–H groups in total. The van der Waals surface area contributed by atoms with Gasteiger partial charge in [-0.2, -0.15) is 5.10 Å². The van der Waals surface area contributed by atoms with E-state index in [9.17, 15) is 0 Å². The van der Waals surface area contributed by atoms with Gasteiger partial charge in [-0.15, -0.1) is 0 Å². The third-order valence-electron chi connectivity index (χ3n) is 4.85. The lowest BCUT2D eigenvalue weighted by molar-refractivity contribution is 0.301. The van der Waals surface area contributed by atoms with Gasteiger partial charge in [-0.05, 0) is 31.4 Å². The van der Waals surface area contributed by atoms with Crippen molar-refractivity contribution in [2.45, 2.75) is 44.4 Å². The minimum atomic E-state index is 0.199. The summed E-state index contributed by atoms with van der Waals surface area (Å²) >= 11 is 0. The molecule has 1 heterocycles. The summed E-state index contributed by atoms with van der Waals surface area (Å²) in [5, 5.41) is 5.77. The highest BCUT2D eigenvalue weighted by molar-refractivity contribution is 5.82. The largest absolute Gasteiger partial charge is 0.330 e. The molecule has 0 aliphatic heterocycles. The predicted octanol–water partition coefficient (Wildman–Crippen LogP) is 3.04. The number of aryl methyl sites for hydroxylation is 2. The van der Waals surface area contributed by atoms with E-state index in [0.717, 1.165) is 12.2 Å². The third kappa shape index (κ3) is 1.96. The van der Waals surface area contributed by atoms with Crippen molar-refractivity contribution < 1.29 is 0 Å². The quantitative estimate of drug-likeness (QED) is 0.898. The average molecular weight is 257 g/mol. The van der Waals surface area contributed by atoms with E-state index in [0.29, 0.717) is 0 Å². The second kappa shape index (κ2) is 4.64. The van der Waals surface area contributed by atoms with E-state index >= 15 is 0 Å². The molecule has 1 aliphatic carbocycles. The Bertz CT molecular complexity index is 591. The highest BCUT2D eigenvalue weighted by Gasteiger charge is 2.32. The Morgan fingerprint density at radius 1 is 1.26 bits per heavy atom. The number of hydrogen-bond acceptors (Lipinski definition) is 2. The summed E-state index contributed by atoms with van der Waals surface area (Å²) in [6.07, 6.45) is 6.42. The van der Waals surface area contributed by atoms with Crippen LogP contribution in [0.4, 0.5) is 0 Å². The number of nitrogens with zero attached hydrogens (tertiary/aromatic N) is 2. The van der Waals surface area contributed by atoms with Gasteiger partial charge in [-0.1, -0.05) is 31.4 Å². The number of rotatable bonds is 2. The van der Waals surface area contributed by atoms with Gasteiger partial charge in [0, 0.05) is 24.4 Å². The van der Waals surface area contributed by atoms with Crippen LogP contribution in [0.3, 0.4) is 0 Å². The molecule has 0 radical (unpaired) electrons. The van der Waals surface area contributed by atoms with Crippen molar-refractivity contribution >= 4 is 10.9 Å². The van der Waals surface area contributed by atoms with Gasteiger partial charge >= 0.3 is 0 Å². The molecule has 2 aromatic rings. The molecule has 1 aromatic heterocycles. The number of nitrogens with two attached hydrogens (primary N) is 1. The van der Waals surface area contributed by atoms with Crippen LogP contribution in [0.5, 0.6) is 0 Å². The maximum atomic E-state index is 6.14. The van der Waals surface area contributed by atoms with Crippen LogP contribution in [-0.2, 0) is 12.5 Å². The second-order valence-electron chi connectivity index (χ2n) is 5.99. The summed E-state index contributed by atoms with van der Waals surface area (Å²) in [5.41, 5.74) is 10.1. The Hall–Kier alpha value is -1.35. The first-order chi connectivity index (χ1) is 9.16. The summed E-state index contributed by atoms with van der Waals surface area (Å²) < 4.78 is 1.99. The zero-order valence-corrected chi connectivity index (χ0v) is 11.9. The molecule has 0 amide bonds. The van der Waals surface area contributed by atoms with E-state index in [1.165, 1.54) is 48.6 Å². The highest BCUT2D eigenvalue weighted by atomic mass is 15.3. The molecular formula is C16H23N3. The second-order valence-corrected chi connectivity index (χ2v) is 5.99. The molecule has 19 heavy (non-hydrogen) atoms. The molecule has 3 heteroatoms. The highest BCUT2D eigenvalue weighted by Crippen LogP contribution is 2.39. The molecule has 0 saturated heterocycles. The third-order valence-corrected chi connectivity index (χ3v) is 4.85. The molecule has 0 unspecified atom stereocenters. The summed E-state index contributed by atoms with van der Waals surface area (Å²) in [6, 6.07) is 6.81. The number of fused-ring (bicyclic) bond motifs is 1. The van der Waals surface area contributed by atoms with Crippen molar-refractivity contribution in [3.63, 3.8) is 0 Å². The lowest BCUT2D eigenvalue weighted by atomic mass is 9.69. The van der Waals surface area contributed by atoms with Gasteiger partial charge in [-0.25, -0.2) is 0 Å². The van der Waals surface area contributed by atoms with Crippen LogP contribution in [0.1, 0.15) is 43.4 Å². The molecule has 0 spiro atoms. The fourth-order valence-electron chi connectivity index (χ4n) is 3.61. The zero-order chi connectivity index (χ0) is 13.5. The van der Waals surface area contributed by atoms with Crippen LogP contribution < -0.4 is 5.73 Å². The molecule has 1 saturated carbocycles. The molecule has 3 nitrogen and oxygen atoms in total. The van der Waals surface area contributed by atoms with E-state index in [-0.39, 0.29) is 5.41 Å². The Labute approximate surface area is 114 Å². The fourth-order valence-corrected chi connectivity index (χ4v) is 3.61. The van der Waals surface area contributed by atoms with Crippen molar-refractivity contribution in [2.24, 2.45) is 12.8 Å². The van der Waals surface area contributed by atoms with Crippen molar-refractivity contribution in [2.75, 3.05) is 6.54 Å². The average Bonchev–Trinajstić information content (AvgIpc) is 2.74. The molecule has 3 rings (SSSR count). The number of hydrogen-bond donors (Lipinski definition) is 1. The Morgan fingerprint density at radius 2 is 2.00 bits per heavy atom. The van der Waals surface area contributed by atoms with Gasteiger partial charge in [0.2, 0.25) is 0 Å². The lowest BCUT2D eigenvalue weighted by Gasteiger charge is -2.37. The molecule has 1 aromatic carbocycles. The molecule has 0 bridgehead atoms. The topological polar surface area (TPSA) is 43.8 Å². The van der Waals surface area contributed by atoms with Gasteiger partial charge in [0.05, 0.1) is 11.2 Å². The lowest BCUT2D eigenvalue weighted by Crippen LogP contribution is -2.37. The Morgan fingerprint density at radius 3 is 2.68 bits per heavy atom. The van der Waals surface area contributed by atoms with Crippen molar-refractivity contribution in [1.29, 1.82) is 0 Å². The maximum Gasteiger partial charge on any atom is 0.0684 e. The van der Waals surface area contributed by atoms with Gasteiger partial charge in [-0.3, -0.25) is 4.68 Å². The molecule has 0 atom stereocenters. The van der Waals surface area contributed by atoms with Crippen LogP contribution in [0.2, 0.25) is 0 Å². The van der Waals surface area contributed by atoms with E-state index in [4.69, 9.17) is 5.73 Å². The zero-order valence-electron chi connectivity index (χ0n) is 11.9. The SMILES string of the molecule is Cc1nn(C)c2cc(C3(CN)CCCCC3)ccc12. The van der Waals surface area contributed by atoms with E-state index in [1.807, 2.05) is 11.7 Å². The summed E-state index contributed by atoms with van der Waals surface area (Å²) in [5.74, 6) is 0.